The molecule has 0 spiro atoms. The first kappa shape index (κ1) is 11.7. The number of fused-ring (bicyclic) bond motifs is 1. The summed E-state index contributed by atoms with van der Waals surface area (Å²) in [5.41, 5.74) is 0.206. The number of carbonyl (C=O) groups excluding carboxylic acids is 1. The molecule has 1 N–H and O–H groups in total. The van der Waals surface area contributed by atoms with Gasteiger partial charge in [-0.2, -0.15) is 0 Å². The summed E-state index contributed by atoms with van der Waals surface area (Å²) in [6.07, 6.45) is 0. The Morgan fingerprint density at radius 1 is 1.11 bits per heavy atom. The molecule has 0 saturated heterocycles. The van der Waals surface area contributed by atoms with Gasteiger partial charge in [0.05, 0.1) is 5.56 Å². The number of carbonyl (C=O) groups is 1. The van der Waals surface area contributed by atoms with Crippen molar-refractivity contribution in [1.29, 1.82) is 0 Å². The molecule has 2 aromatic rings. The molecule has 0 aromatic heterocycles. The van der Waals surface area contributed by atoms with Crippen molar-refractivity contribution in [3.8, 4) is 5.75 Å². The second kappa shape index (κ2) is 4.09. The van der Waals surface area contributed by atoms with E-state index in [2.05, 4.69) is 5.32 Å². The maximum absolute atomic E-state index is 13.0. The van der Waals surface area contributed by atoms with Crippen molar-refractivity contribution < 1.29 is 13.9 Å². The van der Waals surface area contributed by atoms with Crippen molar-refractivity contribution >= 4 is 5.91 Å². The van der Waals surface area contributed by atoms with E-state index >= 15 is 0 Å². The summed E-state index contributed by atoms with van der Waals surface area (Å²) in [5.74, 6) is 0.00151. The summed E-state index contributed by atoms with van der Waals surface area (Å²) >= 11 is 0. The first-order valence-corrected chi connectivity index (χ1v) is 5.95. The van der Waals surface area contributed by atoms with Gasteiger partial charge in [-0.3, -0.25) is 4.79 Å². The third-order valence-electron chi connectivity index (χ3n) is 3.19. The first-order chi connectivity index (χ1) is 9.08. The van der Waals surface area contributed by atoms with Crippen LogP contribution in [0.3, 0.4) is 0 Å². The van der Waals surface area contributed by atoms with E-state index in [9.17, 15) is 9.18 Å². The molecule has 0 saturated carbocycles. The fraction of sp³-hybridized carbons (Fsp3) is 0.133. The molecule has 1 atom stereocenters. The predicted octanol–water partition coefficient (Wildman–Crippen LogP) is 2.82. The second-order valence-corrected chi connectivity index (χ2v) is 4.59. The number of para-hydroxylation sites is 1. The van der Waals surface area contributed by atoms with E-state index in [1.165, 1.54) is 12.1 Å². The largest absolute Gasteiger partial charge is 0.463 e. The van der Waals surface area contributed by atoms with Gasteiger partial charge in [-0.1, -0.05) is 24.3 Å². The highest BCUT2D eigenvalue weighted by Gasteiger charge is 2.36. The molecule has 3 nitrogen and oxygen atoms in total. The third kappa shape index (κ3) is 1.95. The van der Waals surface area contributed by atoms with Crippen molar-refractivity contribution in [3.05, 3.63) is 65.5 Å². The lowest BCUT2D eigenvalue weighted by Crippen LogP contribution is -2.51. The molecule has 1 unspecified atom stereocenters. The van der Waals surface area contributed by atoms with Gasteiger partial charge >= 0.3 is 0 Å². The number of hydrogen-bond acceptors (Lipinski definition) is 2. The Morgan fingerprint density at radius 2 is 1.79 bits per heavy atom. The van der Waals surface area contributed by atoms with E-state index in [0.29, 0.717) is 16.9 Å². The highest BCUT2D eigenvalue weighted by Crippen LogP contribution is 2.32. The van der Waals surface area contributed by atoms with Gasteiger partial charge in [-0.05, 0) is 31.2 Å². The van der Waals surface area contributed by atoms with Crippen LogP contribution < -0.4 is 10.1 Å². The van der Waals surface area contributed by atoms with E-state index in [0.717, 1.165) is 0 Å². The summed E-state index contributed by atoms with van der Waals surface area (Å²) < 4.78 is 18.8. The molecule has 19 heavy (non-hydrogen) atoms. The van der Waals surface area contributed by atoms with Crippen LogP contribution >= 0.6 is 0 Å². The Morgan fingerprint density at radius 3 is 2.53 bits per heavy atom. The van der Waals surface area contributed by atoms with Crippen molar-refractivity contribution in [1.82, 2.24) is 5.32 Å². The lowest BCUT2D eigenvalue weighted by atomic mass is 10.0. The van der Waals surface area contributed by atoms with E-state index in [1.54, 1.807) is 37.3 Å². The number of ether oxygens (including phenoxy) is 1. The Hall–Kier alpha value is -2.36. The number of hydrogen-bond donors (Lipinski definition) is 1. The molecule has 1 aliphatic heterocycles. The number of amides is 1. The van der Waals surface area contributed by atoms with Gasteiger partial charge in [0, 0.05) is 5.56 Å². The number of rotatable bonds is 1. The molecule has 1 aliphatic rings. The summed E-state index contributed by atoms with van der Waals surface area (Å²) in [4.78, 5) is 12.1. The van der Waals surface area contributed by atoms with Crippen LogP contribution in [0.25, 0.3) is 0 Å². The summed E-state index contributed by atoms with van der Waals surface area (Å²) in [5, 5.41) is 2.80. The van der Waals surface area contributed by atoms with Crippen LogP contribution in [-0.4, -0.2) is 5.91 Å². The molecule has 4 heteroatoms. The Labute approximate surface area is 110 Å². The monoisotopic (exact) mass is 257 g/mol. The number of benzene rings is 2. The standard InChI is InChI=1S/C15H12FNO2/c1-15(10-6-8-11(16)9-7-10)17-14(18)12-4-2-3-5-13(12)19-15/h2-9H,1H3,(H,17,18). The second-order valence-electron chi connectivity index (χ2n) is 4.59. The van der Waals surface area contributed by atoms with E-state index in [1.807, 2.05) is 6.07 Å². The maximum atomic E-state index is 13.0. The van der Waals surface area contributed by atoms with Gasteiger partial charge in [-0.25, -0.2) is 4.39 Å². The van der Waals surface area contributed by atoms with Gasteiger partial charge in [-0.15, -0.1) is 0 Å². The minimum atomic E-state index is -0.987. The first-order valence-electron chi connectivity index (χ1n) is 5.95. The SMILES string of the molecule is CC1(c2ccc(F)cc2)NC(=O)c2ccccc2O1. The van der Waals surface area contributed by atoms with Crippen LogP contribution in [0.15, 0.2) is 48.5 Å². The van der Waals surface area contributed by atoms with Crippen molar-refractivity contribution in [2.45, 2.75) is 12.6 Å². The summed E-state index contributed by atoms with van der Waals surface area (Å²) in [7, 11) is 0. The van der Waals surface area contributed by atoms with Gasteiger partial charge in [0.2, 0.25) is 5.72 Å². The molecular formula is C15H12FNO2. The van der Waals surface area contributed by atoms with Crippen LogP contribution in [0.1, 0.15) is 22.8 Å². The highest BCUT2D eigenvalue weighted by molar-refractivity contribution is 5.98. The molecule has 2 aromatic carbocycles. The molecule has 1 heterocycles. The minimum absolute atomic E-state index is 0.200. The van der Waals surface area contributed by atoms with E-state index in [-0.39, 0.29) is 11.7 Å². The minimum Gasteiger partial charge on any atom is -0.463 e. The number of halogens is 1. The maximum Gasteiger partial charge on any atom is 0.258 e. The van der Waals surface area contributed by atoms with Crippen molar-refractivity contribution in [3.63, 3.8) is 0 Å². The lowest BCUT2D eigenvalue weighted by molar-refractivity contribution is 0.0289. The summed E-state index contributed by atoms with van der Waals surface area (Å²) in [6, 6.07) is 12.9. The van der Waals surface area contributed by atoms with Crippen LogP contribution in [0.4, 0.5) is 4.39 Å². The fourth-order valence-electron chi connectivity index (χ4n) is 2.17. The van der Waals surface area contributed by atoms with Crippen LogP contribution in [-0.2, 0) is 5.72 Å². The summed E-state index contributed by atoms with van der Waals surface area (Å²) in [6.45, 7) is 1.74. The molecule has 96 valence electrons. The van der Waals surface area contributed by atoms with Crippen LogP contribution in [0, 0.1) is 5.82 Å². The van der Waals surface area contributed by atoms with Gasteiger partial charge in [0.1, 0.15) is 11.6 Å². The van der Waals surface area contributed by atoms with Crippen molar-refractivity contribution in [2.75, 3.05) is 0 Å². The molecule has 0 bridgehead atoms. The lowest BCUT2D eigenvalue weighted by Gasteiger charge is -2.36. The molecule has 3 rings (SSSR count). The Bertz CT molecular complexity index is 639. The Balaban J connectivity index is 2.04. The quantitative estimate of drug-likeness (QED) is 0.853. The van der Waals surface area contributed by atoms with E-state index in [4.69, 9.17) is 4.74 Å². The van der Waals surface area contributed by atoms with Crippen molar-refractivity contribution in [2.24, 2.45) is 0 Å². The molecule has 0 fully saturated rings. The Kier molecular flexibility index (Phi) is 2.52. The normalized spacial score (nSPS) is 21.3. The smallest absolute Gasteiger partial charge is 0.258 e. The van der Waals surface area contributed by atoms with Crippen LogP contribution in [0.2, 0.25) is 0 Å². The van der Waals surface area contributed by atoms with Gasteiger partial charge in [0.15, 0.2) is 0 Å². The average molecular weight is 257 g/mol. The van der Waals surface area contributed by atoms with Crippen LogP contribution in [0.5, 0.6) is 5.75 Å². The zero-order chi connectivity index (χ0) is 13.5. The predicted molar refractivity (Wildman–Crippen MR) is 68.3 cm³/mol. The van der Waals surface area contributed by atoms with E-state index < -0.39 is 5.72 Å². The molecule has 1 amide bonds. The fourth-order valence-corrected chi connectivity index (χ4v) is 2.17. The van der Waals surface area contributed by atoms with Gasteiger partial charge < -0.3 is 10.1 Å². The zero-order valence-electron chi connectivity index (χ0n) is 10.3. The third-order valence-corrected chi connectivity index (χ3v) is 3.19. The molecular weight excluding hydrogens is 245 g/mol. The average Bonchev–Trinajstić information content (AvgIpc) is 2.39. The van der Waals surface area contributed by atoms with Gasteiger partial charge in [0.25, 0.3) is 5.91 Å². The zero-order valence-corrected chi connectivity index (χ0v) is 10.3. The topological polar surface area (TPSA) is 38.3 Å². The highest BCUT2D eigenvalue weighted by atomic mass is 19.1. The number of nitrogens with one attached hydrogen (secondary N) is 1. The molecule has 0 aliphatic carbocycles. The molecule has 0 radical (unpaired) electrons.